The van der Waals surface area contributed by atoms with Crippen LogP contribution in [0.4, 0.5) is 0 Å². The Balaban J connectivity index is 2.36. The predicted molar refractivity (Wildman–Crippen MR) is 53.4 cm³/mol. The molecule has 0 saturated heterocycles. The van der Waals surface area contributed by atoms with Crippen LogP contribution >= 0.6 is 0 Å². The number of pyridine rings is 1. The number of aliphatic carboxylic acids is 1. The van der Waals surface area contributed by atoms with Crippen LogP contribution in [0.25, 0.3) is 11.4 Å². The highest BCUT2D eigenvalue weighted by molar-refractivity contribution is 5.67. The van der Waals surface area contributed by atoms with E-state index in [0.29, 0.717) is 11.4 Å². The molecule has 0 fully saturated rings. The molecule has 0 unspecified atom stereocenters. The van der Waals surface area contributed by atoms with Gasteiger partial charge in [0.25, 0.3) is 0 Å². The number of tetrazole rings is 1. The van der Waals surface area contributed by atoms with E-state index >= 15 is 0 Å². The van der Waals surface area contributed by atoms with Crippen LogP contribution in [0, 0.1) is 6.92 Å². The maximum Gasteiger partial charge on any atom is 0.325 e. The van der Waals surface area contributed by atoms with Crippen LogP contribution in [0.5, 0.6) is 0 Å². The normalized spacial score (nSPS) is 10.3. The zero-order chi connectivity index (χ0) is 11.5. The quantitative estimate of drug-likeness (QED) is 0.788. The zero-order valence-electron chi connectivity index (χ0n) is 8.53. The van der Waals surface area contributed by atoms with Crippen LogP contribution in [0.1, 0.15) is 5.69 Å². The van der Waals surface area contributed by atoms with Crippen molar-refractivity contribution in [1.29, 1.82) is 0 Å². The fraction of sp³-hybridized carbons (Fsp3) is 0.222. The van der Waals surface area contributed by atoms with Crippen LogP contribution in [-0.4, -0.2) is 36.3 Å². The molecule has 0 aliphatic heterocycles. The summed E-state index contributed by atoms with van der Waals surface area (Å²) in [5, 5.41) is 19.5. The van der Waals surface area contributed by atoms with Gasteiger partial charge in [0, 0.05) is 17.5 Å². The number of carboxylic acid groups (broad SMARTS) is 1. The third-order valence-electron chi connectivity index (χ3n) is 1.99. The number of carbonyl (C=O) groups is 1. The Hall–Kier alpha value is -2.31. The van der Waals surface area contributed by atoms with Crippen LogP contribution < -0.4 is 0 Å². The van der Waals surface area contributed by atoms with E-state index in [1.165, 1.54) is 4.68 Å². The van der Waals surface area contributed by atoms with Crippen molar-refractivity contribution in [3.05, 3.63) is 24.0 Å². The second-order valence-electron chi connectivity index (χ2n) is 3.24. The summed E-state index contributed by atoms with van der Waals surface area (Å²) in [5.74, 6) is -0.594. The number of rotatable bonds is 3. The molecule has 0 aromatic carbocycles. The number of aromatic nitrogens is 5. The highest BCUT2D eigenvalue weighted by Gasteiger charge is 2.11. The number of carboxylic acids is 1. The first kappa shape index (κ1) is 10.2. The highest BCUT2D eigenvalue weighted by atomic mass is 16.4. The topological polar surface area (TPSA) is 93.8 Å². The summed E-state index contributed by atoms with van der Waals surface area (Å²) in [5.41, 5.74) is 1.57. The van der Waals surface area contributed by atoms with Gasteiger partial charge in [0.2, 0.25) is 0 Å². The Morgan fingerprint density at radius 3 is 2.94 bits per heavy atom. The maximum atomic E-state index is 10.6. The molecule has 2 aromatic heterocycles. The van der Waals surface area contributed by atoms with Gasteiger partial charge in [-0.05, 0) is 29.5 Å². The van der Waals surface area contributed by atoms with Crippen molar-refractivity contribution in [3.63, 3.8) is 0 Å². The van der Waals surface area contributed by atoms with Crippen molar-refractivity contribution >= 4 is 5.97 Å². The van der Waals surface area contributed by atoms with E-state index in [1.54, 1.807) is 12.3 Å². The zero-order valence-corrected chi connectivity index (χ0v) is 8.53. The van der Waals surface area contributed by atoms with E-state index in [9.17, 15) is 4.79 Å². The lowest BCUT2D eigenvalue weighted by atomic mass is 10.2. The van der Waals surface area contributed by atoms with Crippen LogP contribution in [-0.2, 0) is 11.3 Å². The minimum atomic E-state index is -0.992. The third kappa shape index (κ3) is 2.02. The molecular weight excluding hydrogens is 210 g/mol. The lowest BCUT2D eigenvalue weighted by Crippen LogP contribution is -2.11. The fourth-order valence-corrected chi connectivity index (χ4v) is 1.25. The van der Waals surface area contributed by atoms with Crippen LogP contribution in [0.3, 0.4) is 0 Å². The molecule has 0 amide bonds. The summed E-state index contributed by atoms with van der Waals surface area (Å²) in [6.07, 6.45) is 1.61. The molecule has 7 heteroatoms. The van der Waals surface area contributed by atoms with E-state index in [2.05, 4.69) is 20.5 Å². The van der Waals surface area contributed by atoms with Gasteiger partial charge in [0.1, 0.15) is 6.54 Å². The van der Waals surface area contributed by atoms with E-state index in [0.717, 1.165) is 5.69 Å². The molecule has 0 saturated carbocycles. The van der Waals surface area contributed by atoms with Gasteiger partial charge in [-0.1, -0.05) is 0 Å². The van der Waals surface area contributed by atoms with Gasteiger partial charge in [-0.3, -0.25) is 9.78 Å². The molecule has 0 spiro atoms. The standard InChI is InChI=1S/C9H9N5O2/c1-6-2-3-7(4-10-6)9-11-12-13-14(9)5-8(15)16/h2-4H,5H2,1H3,(H,15,16). The molecule has 0 radical (unpaired) electrons. The van der Waals surface area contributed by atoms with Gasteiger partial charge in [-0.2, -0.15) is 0 Å². The molecular formula is C9H9N5O2. The molecule has 2 heterocycles. The van der Waals surface area contributed by atoms with Crippen molar-refractivity contribution in [1.82, 2.24) is 25.2 Å². The van der Waals surface area contributed by atoms with Crippen molar-refractivity contribution < 1.29 is 9.90 Å². The lowest BCUT2D eigenvalue weighted by Gasteiger charge is -2.01. The molecule has 0 bridgehead atoms. The van der Waals surface area contributed by atoms with Crippen LogP contribution in [0.15, 0.2) is 18.3 Å². The molecule has 2 rings (SSSR count). The average Bonchev–Trinajstić information content (AvgIpc) is 2.66. The minimum Gasteiger partial charge on any atom is -0.480 e. The molecule has 2 aromatic rings. The summed E-state index contributed by atoms with van der Waals surface area (Å²) in [7, 11) is 0. The Morgan fingerprint density at radius 1 is 1.50 bits per heavy atom. The van der Waals surface area contributed by atoms with Crippen molar-refractivity contribution in [2.24, 2.45) is 0 Å². The predicted octanol–water partition coefficient (Wildman–Crippen LogP) is 0.128. The Bertz CT molecular complexity index is 505. The van der Waals surface area contributed by atoms with Crippen molar-refractivity contribution in [2.45, 2.75) is 13.5 Å². The number of nitrogens with zero attached hydrogens (tertiary/aromatic N) is 5. The average molecular weight is 219 g/mol. The first-order valence-electron chi connectivity index (χ1n) is 4.58. The van der Waals surface area contributed by atoms with Gasteiger partial charge in [0.15, 0.2) is 5.82 Å². The van der Waals surface area contributed by atoms with Gasteiger partial charge in [0.05, 0.1) is 0 Å². The molecule has 0 atom stereocenters. The molecule has 0 aliphatic rings. The summed E-state index contributed by atoms with van der Waals surface area (Å²) < 4.78 is 1.22. The Morgan fingerprint density at radius 2 is 2.31 bits per heavy atom. The minimum absolute atomic E-state index is 0.268. The summed E-state index contributed by atoms with van der Waals surface area (Å²) in [6, 6.07) is 3.61. The van der Waals surface area contributed by atoms with Crippen LogP contribution in [0.2, 0.25) is 0 Å². The Kier molecular flexibility index (Phi) is 2.59. The first-order chi connectivity index (χ1) is 7.66. The molecule has 7 nitrogen and oxygen atoms in total. The fourth-order valence-electron chi connectivity index (χ4n) is 1.25. The van der Waals surface area contributed by atoms with Gasteiger partial charge < -0.3 is 5.11 Å². The second-order valence-corrected chi connectivity index (χ2v) is 3.24. The number of hydrogen-bond acceptors (Lipinski definition) is 5. The van der Waals surface area contributed by atoms with E-state index in [1.807, 2.05) is 13.0 Å². The Labute approximate surface area is 90.7 Å². The van der Waals surface area contributed by atoms with Crippen molar-refractivity contribution in [3.8, 4) is 11.4 Å². The third-order valence-corrected chi connectivity index (χ3v) is 1.99. The van der Waals surface area contributed by atoms with E-state index in [4.69, 9.17) is 5.11 Å². The van der Waals surface area contributed by atoms with E-state index < -0.39 is 5.97 Å². The molecule has 0 aliphatic carbocycles. The molecule has 16 heavy (non-hydrogen) atoms. The maximum absolute atomic E-state index is 10.6. The SMILES string of the molecule is Cc1ccc(-c2nnnn2CC(=O)O)cn1. The summed E-state index contributed by atoms with van der Waals surface area (Å²) in [6.45, 7) is 1.60. The van der Waals surface area contributed by atoms with E-state index in [-0.39, 0.29) is 6.54 Å². The smallest absolute Gasteiger partial charge is 0.325 e. The largest absolute Gasteiger partial charge is 0.480 e. The monoisotopic (exact) mass is 219 g/mol. The van der Waals surface area contributed by atoms with Gasteiger partial charge in [-0.25, -0.2) is 4.68 Å². The summed E-state index contributed by atoms with van der Waals surface area (Å²) >= 11 is 0. The van der Waals surface area contributed by atoms with Gasteiger partial charge in [-0.15, -0.1) is 5.10 Å². The lowest BCUT2D eigenvalue weighted by molar-refractivity contribution is -0.137. The van der Waals surface area contributed by atoms with Gasteiger partial charge >= 0.3 is 5.97 Å². The van der Waals surface area contributed by atoms with Crippen molar-refractivity contribution in [2.75, 3.05) is 0 Å². The summed E-state index contributed by atoms with van der Waals surface area (Å²) in [4.78, 5) is 14.7. The first-order valence-corrected chi connectivity index (χ1v) is 4.58. The molecule has 82 valence electrons. The number of hydrogen-bond donors (Lipinski definition) is 1. The highest BCUT2D eigenvalue weighted by Crippen LogP contribution is 2.14. The number of aryl methyl sites for hydroxylation is 1. The molecule has 1 N–H and O–H groups in total. The second kappa shape index (κ2) is 4.05.